The van der Waals surface area contributed by atoms with Crippen molar-refractivity contribution in [1.29, 1.82) is 0 Å². The van der Waals surface area contributed by atoms with E-state index in [1.54, 1.807) is 14.2 Å². The lowest BCUT2D eigenvalue weighted by molar-refractivity contribution is 0.414. The summed E-state index contributed by atoms with van der Waals surface area (Å²) in [6.07, 6.45) is 4.78. The van der Waals surface area contributed by atoms with Gasteiger partial charge in [0.15, 0.2) is 0 Å². The summed E-state index contributed by atoms with van der Waals surface area (Å²) in [5.41, 5.74) is 3.61. The van der Waals surface area contributed by atoms with E-state index in [4.69, 9.17) is 9.47 Å². The Balaban J connectivity index is 2.03. The molecule has 0 radical (unpaired) electrons. The minimum Gasteiger partial charge on any atom is -0.497 e. The number of methoxy groups -OCH3 is 2. The van der Waals surface area contributed by atoms with Crippen molar-refractivity contribution in [3.05, 3.63) is 65.7 Å². The average molecular weight is 323 g/mol. The van der Waals surface area contributed by atoms with Gasteiger partial charge in [0.25, 0.3) is 0 Å². The summed E-state index contributed by atoms with van der Waals surface area (Å²) in [5, 5.41) is 3.43. The third-order valence-electron chi connectivity index (χ3n) is 4.55. The summed E-state index contributed by atoms with van der Waals surface area (Å²) >= 11 is 0. The lowest BCUT2D eigenvalue weighted by Gasteiger charge is -2.21. The highest BCUT2D eigenvalue weighted by molar-refractivity contribution is 5.81. The number of hydrogen-bond donors (Lipinski definition) is 1. The summed E-state index contributed by atoms with van der Waals surface area (Å²) in [6.45, 7) is 2.18. The average Bonchev–Trinajstić information content (AvgIpc) is 2.67. The molecule has 0 atom stereocenters. The molecule has 24 heavy (non-hydrogen) atoms. The minimum absolute atomic E-state index is 0.596. The lowest BCUT2D eigenvalue weighted by Crippen LogP contribution is -2.26. The van der Waals surface area contributed by atoms with E-state index in [2.05, 4.69) is 35.7 Å². The Morgan fingerprint density at radius 2 is 1.46 bits per heavy atom. The first-order chi connectivity index (χ1) is 11.8. The largest absolute Gasteiger partial charge is 0.497 e. The number of benzene rings is 2. The number of ether oxygens (including phenoxy) is 2. The number of rotatable bonds is 5. The van der Waals surface area contributed by atoms with E-state index in [1.165, 1.54) is 29.5 Å². The Hall–Kier alpha value is -2.26. The molecule has 0 bridgehead atoms. The highest BCUT2D eigenvalue weighted by Crippen LogP contribution is 2.31. The summed E-state index contributed by atoms with van der Waals surface area (Å²) in [7, 11) is 3.42. The second-order valence-corrected chi connectivity index (χ2v) is 6.13. The summed E-state index contributed by atoms with van der Waals surface area (Å²) in [4.78, 5) is 0. The van der Waals surface area contributed by atoms with Gasteiger partial charge in [-0.05, 0) is 72.8 Å². The zero-order chi connectivity index (χ0) is 16.8. The Kier molecular flexibility index (Phi) is 5.55. The van der Waals surface area contributed by atoms with Gasteiger partial charge in [0.05, 0.1) is 14.2 Å². The Morgan fingerprint density at radius 3 is 1.96 bits per heavy atom. The Labute approximate surface area is 144 Å². The van der Waals surface area contributed by atoms with Gasteiger partial charge in [-0.1, -0.05) is 30.3 Å². The van der Waals surface area contributed by atoms with Crippen molar-refractivity contribution >= 4 is 5.57 Å². The topological polar surface area (TPSA) is 30.5 Å². The van der Waals surface area contributed by atoms with E-state index < -0.39 is 0 Å². The first kappa shape index (κ1) is 16.6. The molecule has 1 aliphatic heterocycles. The Morgan fingerprint density at radius 1 is 0.917 bits per heavy atom. The van der Waals surface area contributed by atoms with Crippen molar-refractivity contribution in [2.75, 3.05) is 27.3 Å². The normalized spacial score (nSPS) is 14.9. The fourth-order valence-electron chi connectivity index (χ4n) is 3.19. The van der Waals surface area contributed by atoms with Crippen molar-refractivity contribution in [2.24, 2.45) is 5.92 Å². The predicted octanol–water partition coefficient (Wildman–Crippen LogP) is 4.14. The van der Waals surface area contributed by atoms with Crippen molar-refractivity contribution in [1.82, 2.24) is 5.32 Å². The molecule has 2 aromatic carbocycles. The molecule has 0 unspecified atom stereocenters. The first-order valence-corrected chi connectivity index (χ1v) is 8.51. The van der Waals surface area contributed by atoms with Gasteiger partial charge in [0, 0.05) is 0 Å². The standard InChI is InChI=1S/C21H25NO2/c1-23-19-7-3-5-17(14-19)21(13-16-9-11-22-12-10-16)18-6-4-8-20(15-18)24-2/h3-8,13-16,22H,9-12H2,1-2H3. The number of allylic oxidation sites excluding steroid dienone is 1. The molecule has 3 nitrogen and oxygen atoms in total. The molecule has 126 valence electrons. The summed E-state index contributed by atoms with van der Waals surface area (Å²) in [5.74, 6) is 2.36. The molecule has 0 aromatic heterocycles. The van der Waals surface area contributed by atoms with Crippen LogP contribution in [0, 0.1) is 5.92 Å². The number of nitrogens with one attached hydrogen (secondary N) is 1. The maximum atomic E-state index is 5.41. The van der Waals surface area contributed by atoms with Crippen LogP contribution in [0.15, 0.2) is 54.6 Å². The highest BCUT2D eigenvalue weighted by Gasteiger charge is 2.14. The summed E-state index contributed by atoms with van der Waals surface area (Å²) < 4.78 is 10.8. The van der Waals surface area contributed by atoms with E-state index >= 15 is 0 Å². The van der Waals surface area contributed by atoms with Crippen LogP contribution in [0.1, 0.15) is 24.0 Å². The molecular weight excluding hydrogens is 298 g/mol. The monoisotopic (exact) mass is 323 g/mol. The number of hydrogen-bond acceptors (Lipinski definition) is 3. The van der Waals surface area contributed by atoms with E-state index in [0.29, 0.717) is 5.92 Å². The maximum absolute atomic E-state index is 5.41. The molecule has 2 aromatic rings. The third-order valence-corrected chi connectivity index (χ3v) is 4.55. The predicted molar refractivity (Wildman–Crippen MR) is 98.7 cm³/mol. The SMILES string of the molecule is COc1cccc(C(=CC2CCNCC2)c2cccc(OC)c2)c1. The molecule has 1 saturated heterocycles. The van der Waals surface area contributed by atoms with Crippen LogP contribution >= 0.6 is 0 Å². The van der Waals surface area contributed by atoms with Crippen LogP contribution in [-0.2, 0) is 0 Å². The van der Waals surface area contributed by atoms with Crippen LogP contribution in [0.25, 0.3) is 5.57 Å². The van der Waals surface area contributed by atoms with Gasteiger partial charge in [-0.2, -0.15) is 0 Å². The van der Waals surface area contributed by atoms with Gasteiger partial charge in [0.1, 0.15) is 11.5 Å². The van der Waals surface area contributed by atoms with Gasteiger partial charge in [-0.25, -0.2) is 0 Å². The zero-order valence-electron chi connectivity index (χ0n) is 14.4. The maximum Gasteiger partial charge on any atom is 0.119 e. The molecule has 3 rings (SSSR count). The summed E-state index contributed by atoms with van der Waals surface area (Å²) in [6, 6.07) is 16.6. The second kappa shape index (κ2) is 8.02. The van der Waals surface area contributed by atoms with Crippen molar-refractivity contribution in [3.8, 4) is 11.5 Å². The quantitative estimate of drug-likeness (QED) is 0.897. The minimum atomic E-state index is 0.596. The van der Waals surface area contributed by atoms with Gasteiger partial charge in [-0.15, -0.1) is 0 Å². The second-order valence-electron chi connectivity index (χ2n) is 6.13. The molecule has 3 heteroatoms. The molecular formula is C21H25NO2. The van der Waals surface area contributed by atoms with E-state index in [1.807, 2.05) is 24.3 Å². The van der Waals surface area contributed by atoms with Crippen LogP contribution in [-0.4, -0.2) is 27.3 Å². The van der Waals surface area contributed by atoms with Crippen LogP contribution in [0.2, 0.25) is 0 Å². The molecule has 0 aliphatic carbocycles. The van der Waals surface area contributed by atoms with Crippen LogP contribution in [0.3, 0.4) is 0 Å². The van der Waals surface area contributed by atoms with E-state index in [-0.39, 0.29) is 0 Å². The molecule has 0 spiro atoms. The lowest BCUT2D eigenvalue weighted by atomic mass is 9.89. The molecule has 0 amide bonds. The van der Waals surface area contributed by atoms with Crippen LogP contribution in [0.4, 0.5) is 0 Å². The Bertz CT molecular complexity index is 653. The van der Waals surface area contributed by atoms with Crippen molar-refractivity contribution < 1.29 is 9.47 Å². The fourth-order valence-corrected chi connectivity index (χ4v) is 3.19. The number of piperidine rings is 1. The fraction of sp³-hybridized carbons (Fsp3) is 0.333. The molecule has 1 heterocycles. The third kappa shape index (κ3) is 3.98. The van der Waals surface area contributed by atoms with Crippen molar-refractivity contribution in [3.63, 3.8) is 0 Å². The zero-order valence-corrected chi connectivity index (χ0v) is 14.4. The van der Waals surface area contributed by atoms with Crippen molar-refractivity contribution in [2.45, 2.75) is 12.8 Å². The molecule has 1 fully saturated rings. The van der Waals surface area contributed by atoms with Crippen LogP contribution < -0.4 is 14.8 Å². The molecule has 1 aliphatic rings. The highest BCUT2D eigenvalue weighted by atomic mass is 16.5. The van der Waals surface area contributed by atoms with E-state index in [0.717, 1.165) is 24.6 Å². The first-order valence-electron chi connectivity index (χ1n) is 8.51. The van der Waals surface area contributed by atoms with Gasteiger partial charge >= 0.3 is 0 Å². The van der Waals surface area contributed by atoms with Gasteiger partial charge in [0.2, 0.25) is 0 Å². The molecule has 1 N–H and O–H groups in total. The smallest absolute Gasteiger partial charge is 0.119 e. The molecule has 0 saturated carbocycles. The van der Waals surface area contributed by atoms with Gasteiger partial charge < -0.3 is 14.8 Å². The van der Waals surface area contributed by atoms with E-state index in [9.17, 15) is 0 Å². The van der Waals surface area contributed by atoms with Crippen LogP contribution in [0.5, 0.6) is 11.5 Å². The van der Waals surface area contributed by atoms with Gasteiger partial charge in [-0.3, -0.25) is 0 Å².